The molecule has 0 radical (unpaired) electrons. The standard InChI is InChI=1S/C20H16ClN3O6/c1-11-18(19(23-30-11)14-7-2-3-8-15(14)21)20(27)22-16(10-17(25)26)12-5-4-6-13(9-12)24(28)29/h2-9,16H,10H2,1H3,(H,22,27)(H,25,26)/t16-/m1/s1. The molecule has 0 saturated carbocycles. The highest BCUT2D eigenvalue weighted by molar-refractivity contribution is 6.33. The maximum atomic E-state index is 13.0. The monoisotopic (exact) mass is 429 g/mol. The van der Waals surface area contributed by atoms with Crippen LogP contribution in [0.1, 0.15) is 34.1 Å². The van der Waals surface area contributed by atoms with Gasteiger partial charge in [-0.3, -0.25) is 19.7 Å². The van der Waals surface area contributed by atoms with Crippen LogP contribution in [0.15, 0.2) is 53.1 Å². The Bertz CT molecular complexity index is 1130. The van der Waals surface area contributed by atoms with Gasteiger partial charge in [0, 0.05) is 17.7 Å². The molecule has 0 fully saturated rings. The first-order valence-corrected chi connectivity index (χ1v) is 9.14. The number of amides is 1. The van der Waals surface area contributed by atoms with Gasteiger partial charge in [-0.05, 0) is 18.6 Å². The molecule has 1 amide bonds. The highest BCUT2D eigenvalue weighted by Gasteiger charge is 2.27. The summed E-state index contributed by atoms with van der Waals surface area (Å²) in [7, 11) is 0. The van der Waals surface area contributed by atoms with Crippen LogP contribution in [0.5, 0.6) is 0 Å². The summed E-state index contributed by atoms with van der Waals surface area (Å²) in [5.41, 5.74) is 0.863. The lowest BCUT2D eigenvalue weighted by atomic mass is 10.0. The van der Waals surface area contributed by atoms with Crippen LogP contribution < -0.4 is 5.32 Å². The SMILES string of the molecule is Cc1onc(-c2ccccc2Cl)c1C(=O)N[C@H](CC(=O)O)c1cccc([N+](=O)[O-])c1. The Labute approximate surface area is 175 Å². The molecule has 2 aromatic carbocycles. The number of rotatable bonds is 7. The molecular formula is C20H16ClN3O6. The number of nitro groups is 1. The summed E-state index contributed by atoms with van der Waals surface area (Å²) in [5.74, 6) is -1.60. The van der Waals surface area contributed by atoms with E-state index in [1.165, 1.54) is 24.3 Å². The van der Waals surface area contributed by atoms with Crippen molar-refractivity contribution < 1.29 is 24.1 Å². The Balaban J connectivity index is 1.97. The summed E-state index contributed by atoms with van der Waals surface area (Å²) in [6.45, 7) is 1.54. The van der Waals surface area contributed by atoms with Crippen molar-refractivity contribution in [2.45, 2.75) is 19.4 Å². The lowest BCUT2D eigenvalue weighted by Crippen LogP contribution is -2.30. The number of benzene rings is 2. The van der Waals surface area contributed by atoms with Crippen LogP contribution in [0.3, 0.4) is 0 Å². The van der Waals surface area contributed by atoms with Gasteiger partial charge in [0.05, 0.1) is 22.4 Å². The van der Waals surface area contributed by atoms with Crippen LogP contribution in [-0.4, -0.2) is 27.1 Å². The Kier molecular flexibility index (Phi) is 6.12. The molecule has 0 unspecified atom stereocenters. The zero-order valence-corrected chi connectivity index (χ0v) is 16.4. The van der Waals surface area contributed by atoms with E-state index >= 15 is 0 Å². The molecule has 0 bridgehead atoms. The molecule has 0 aliphatic carbocycles. The van der Waals surface area contributed by atoms with Crippen molar-refractivity contribution in [2.24, 2.45) is 0 Å². The number of carbonyl (C=O) groups is 2. The van der Waals surface area contributed by atoms with Crippen LogP contribution in [-0.2, 0) is 4.79 Å². The number of aryl methyl sites for hydroxylation is 1. The van der Waals surface area contributed by atoms with E-state index in [2.05, 4.69) is 10.5 Å². The molecule has 0 saturated heterocycles. The van der Waals surface area contributed by atoms with Crippen LogP contribution in [0, 0.1) is 17.0 Å². The van der Waals surface area contributed by atoms with Gasteiger partial charge in [-0.25, -0.2) is 0 Å². The van der Waals surface area contributed by atoms with Gasteiger partial charge in [0.2, 0.25) is 0 Å². The molecule has 0 aliphatic rings. The lowest BCUT2D eigenvalue weighted by Gasteiger charge is -2.17. The number of hydrogen-bond donors (Lipinski definition) is 2. The van der Waals surface area contributed by atoms with E-state index in [-0.39, 0.29) is 28.3 Å². The minimum atomic E-state index is -1.18. The average Bonchev–Trinajstić information content (AvgIpc) is 3.09. The number of nitrogens with zero attached hydrogens (tertiary/aromatic N) is 2. The number of hydrogen-bond acceptors (Lipinski definition) is 6. The van der Waals surface area contributed by atoms with Gasteiger partial charge in [-0.1, -0.05) is 47.1 Å². The summed E-state index contributed by atoms with van der Waals surface area (Å²) < 4.78 is 5.17. The van der Waals surface area contributed by atoms with E-state index < -0.39 is 29.3 Å². The minimum Gasteiger partial charge on any atom is -0.481 e. The summed E-state index contributed by atoms with van der Waals surface area (Å²) in [6.07, 6.45) is -0.474. The van der Waals surface area contributed by atoms with Gasteiger partial charge >= 0.3 is 5.97 Å². The maximum absolute atomic E-state index is 13.0. The fourth-order valence-corrected chi connectivity index (χ4v) is 3.21. The molecule has 3 aromatic rings. The summed E-state index contributed by atoms with van der Waals surface area (Å²) in [5, 5.41) is 27.2. The highest BCUT2D eigenvalue weighted by atomic mass is 35.5. The Morgan fingerprint density at radius 3 is 2.67 bits per heavy atom. The number of carbonyl (C=O) groups excluding carboxylic acids is 1. The fourth-order valence-electron chi connectivity index (χ4n) is 2.99. The van der Waals surface area contributed by atoms with Crippen LogP contribution in [0.4, 0.5) is 5.69 Å². The number of aromatic nitrogens is 1. The van der Waals surface area contributed by atoms with Crippen LogP contribution >= 0.6 is 11.6 Å². The molecule has 0 spiro atoms. The van der Waals surface area contributed by atoms with Gasteiger partial charge < -0.3 is 14.9 Å². The molecule has 10 heteroatoms. The number of nitro benzene ring substituents is 1. The molecule has 3 rings (SSSR count). The van der Waals surface area contributed by atoms with Crippen LogP contribution in [0.25, 0.3) is 11.3 Å². The Morgan fingerprint density at radius 1 is 1.27 bits per heavy atom. The predicted octanol–water partition coefficient (Wildman–Crippen LogP) is 4.16. The van der Waals surface area contributed by atoms with Crippen molar-refractivity contribution in [1.82, 2.24) is 10.5 Å². The lowest BCUT2D eigenvalue weighted by molar-refractivity contribution is -0.384. The molecular weight excluding hydrogens is 414 g/mol. The topological polar surface area (TPSA) is 136 Å². The number of carboxylic acid groups (broad SMARTS) is 1. The van der Waals surface area contributed by atoms with Crippen molar-refractivity contribution in [3.05, 3.63) is 80.6 Å². The zero-order valence-electron chi connectivity index (χ0n) is 15.7. The van der Waals surface area contributed by atoms with Gasteiger partial charge in [0.25, 0.3) is 11.6 Å². The normalized spacial score (nSPS) is 11.7. The van der Waals surface area contributed by atoms with E-state index in [9.17, 15) is 24.8 Å². The molecule has 154 valence electrons. The number of aliphatic carboxylic acids is 1. The maximum Gasteiger partial charge on any atom is 0.305 e. The van der Waals surface area contributed by atoms with E-state index in [0.717, 1.165) is 0 Å². The quantitative estimate of drug-likeness (QED) is 0.425. The van der Waals surface area contributed by atoms with E-state index in [1.807, 2.05) is 0 Å². The van der Waals surface area contributed by atoms with Gasteiger partial charge in [0.1, 0.15) is 17.0 Å². The third-order valence-electron chi connectivity index (χ3n) is 4.39. The van der Waals surface area contributed by atoms with Crippen molar-refractivity contribution in [3.63, 3.8) is 0 Å². The fraction of sp³-hybridized carbons (Fsp3) is 0.150. The molecule has 0 aliphatic heterocycles. The molecule has 30 heavy (non-hydrogen) atoms. The summed E-state index contributed by atoms with van der Waals surface area (Å²) >= 11 is 6.21. The minimum absolute atomic E-state index is 0.101. The first-order valence-electron chi connectivity index (χ1n) is 8.76. The smallest absolute Gasteiger partial charge is 0.305 e. The van der Waals surface area contributed by atoms with Crippen molar-refractivity contribution in [3.8, 4) is 11.3 Å². The molecule has 1 atom stereocenters. The highest BCUT2D eigenvalue weighted by Crippen LogP contribution is 2.31. The number of non-ortho nitro benzene ring substituents is 1. The largest absolute Gasteiger partial charge is 0.481 e. The molecule has 9 nitrogen and oxygen atoms in total. The third kappa shape index (κ3) is 4.47. The first-order chi connectivity index (χ1) is 14.3. The average molecular weight is 430 g/mol. The Morgan fingerprint density at radius 2 is 2.00 bits per heavy atom. The van der Waals surface area contributed by atoms with Crippen LogP contribution in [0.2, 0.25) is 5.02 Å². The second kappa shape index (κ2) is 8.75. The van der Waals surface area contributed by atoms with Gasteiger partial charge in [-0.15, -0.1) is 0 Å². The van der Waals surface area contributed by atoms with E-state index in [0.29, 0.717) is 10.6 Å². The Hall–Kier alpha value is -3.72. The second-order valence-electron chi connectivity index (χ2n) is 6.42. The second-order valence-corrected chi connectivity index (χ2v) is 6.83. The number of halogens is 1. The van der Waals surface area contributed by atoms with Gasteiger partial charge in [0.15, 0.2) is 0 Å². The number of carboxylic acids is 1. The molecule has 1 aromatic heterocycles. The zero-order chi connectivity index (χ0) is 21.8. The third-order valence-corrected chi connectivity index (χ3v) is 4.72. The first kappa shape index (κ1) is 21.0. The predicted molar refractivity (Wildman–Crippen MR) is 107 cm³/mol. The van der Waals surface area contributed by atoms with E-state index in [4.69, 9.17) is 16.1 Å². The van der Waals surface area contributed by atoms with Crippen molar-refractivity contribution in [2.75, 3.05) is 0 Å². The molecule has 1 heterocycles. The van der Waals surface area contributed by atoms with E-state index in [1.54, 1.807) is 31.2 Å². The summed E-state index contributed by atoms with van der Waals surface area (Å²) in [6, 6.07) is 11.2. The van der Waals surface area contributed by atoms with Gasteiger partial charge in [-0.2, -0.15) is 0 Å². The number of nitrogens with one attached hydrogen (secondary N) is 1. The summed E-state index contributed by atoms with van der Waals surface area (Å²) in [4.78, 5) is 34.8. The molecule has 2 N–H and O–H groups in total. The van der Waals surface area contributed by atoms with Crippen molar-refractivity contribution >= 4 is 29.2 Å². The van der Waals surface area contributed by atoms with Crippen molar-refractivity contribution in [1.29, 1.82) is 0 Å².